The highest BCUT2D eigenvalue weighted by Crippen LogP contribution is 2.14. The van der Waals surface area contributed by atoms with E-state index in [-0.39, 0.29) is 31.2 Å². The van der Waals surface area contributed by atoms with Crippen molar-refractivity contribution in [1.29, 1.82) is 0 Å². The fourth-order valence-corrected chi connectivity index (χ4v) is 4.33. The number of carbonyl (C=O) groups is 4. The third-order valence-electron chi connectivity index (χ3n) is 7.09. The van der Waals surface area contributed by atoms with Crippen molar-refractivity contribution in [3.05, 3.63) is 29.8 Å². The monoisotopic (exact) mass is 577 g/mol. The Morgan fingerprint density at radius 3 is 2.07 bits per heavy atom. The van der Waals surface area contributed by atoms with Gasteiger partial charge in [0.2, 0.25) is 17.7 Å². The van der Waals surface area contributed by atoms with Gasteiger partial charge in [-0.15, -0.1) is 0 Å². The molecule has 0 heterocycles. The van der Waals surface area contributed by atoms with E-state index >= 15 is 0 Å². The first kappa shape index (κ1) is 35.8. The van der Waals surface area contributed by atoms with Gasteiger partial charge in [-0.25, -0.2) is 0 Å². The Bertz CT molecular complexity index is 971. The number of carboxylic acid groups (broad SMARTS) is 1. The van der Waals surface area contributed by atoms with E-state index in [0.717, 1.165) is 11.3 Å². The van der Waals surface area contributed by atoms with Crippen molar-refractivity contribution < 1.29 is 29.4 Å². The number of aliphatic carboxylic acids is 1. The van der Waals surface area contributed by atoms with E-state index in [1.165, 1.54) is 0 Å². The zero-order valence-corrected chi connectivity index (χ0v) is 25.4. The molecule has 41 heavy (non-hydrogen) atoms. The van der Waals surface area contributed by atoms with Crippen LogP contribution in [0.3, 0.4) is 0 Å². The number of nitrogens with one attached hydrogen (secondary N) is 4. The van der Waals surface area contributed by atoms with Gasteiger partial charge in [0.05, 0.1) is 18.2 Å². The van der Waals surface area contributed by atoms with Crippen LogP contribution in [0, 0.1) is 18.8 Å². The van der Waals surface area contributed by atoms with E-state index in [0.29, 0.717) is 25.7 Å². The summed E-state index contributed by atoms with van der Waals surface area (Å²) in [5.41, 5.74) is 7.83. The minimum Gasteiger partial charge on any atom is -0.481 e. The maximum absolute atomic E-state index is 13.4. The molecule has 3 amide bonds. The molecule has 11 heteroatoms. The Morgan fingerprint density at radius 1 is 0.902 bits per heavy atom. The van der Waals surface area contributed by atoms with Gasteiger partial charge in [-0.05, 0) is 50.2 Å². The van der Waals surface area contributed by atoms with Gasteiger partial charge in [-0.3, -0.25) is 19.2 Å². The SMILES string of the molecule is CCC[C@H](NC(=O)[C@@H](NC(=O)[C@@H](N)CCC(=O)O)[C@@H](C)CC)C(=O)N[C@@H](CC(C)C)[C@H](O)CNc1ccc(C)cc1. The topological polar surface area (TPSA) is 183 Å². The number of nitrogens with two attached hydrogens (primary N) is 1. The third kappa shape index (κ3) is 13.4. The molecule has 0 spiro atoms. The molecule has 0 aliphatic carbocycles. The second kappa shape index (κ2) is 18.3. The Balaban J connectivity index is 2.95. The zero-order valence-electron chi connectivity index (χ0n) is 25.4. The van der Waals surface area contributed by atoms with Gasteiger partial charge in [0.25, 0.3) is 0 Å². The van der Waals surface area contributed by atoms with Crippen molar-refractivity contribution in [2.45, 2.75) is 110 Å². The Labute approximate surface area is 244 Å². The average molecular weight is 578 g/mol. The van der Waals surface area contributed by atoms with Crippen LogP contribution in [0.2, 0.25) is 0 Å². The first-order valence-electron chi connectivity index (χ1n) is 14.7. The first-order chi connectivity index (χ1) is 19.3. The van der Waals surface area contributed by atoms with Crippen LogP contribution in [0.15, 0.2) is 24.3 Å². The smallest absolute Gasteiger partial charge is 0.303 e. The van der Waals surface area contributed by atoms with Crippen LogP contribution in [0.4, 0.5) is 5.69 Å². The predicted octanol–water partition coefficient (Wildman–Crippen LogP) is 2.31. The summed E-state index contributed by atoms with van der Waals surface area (Å²) >= 11 is 0. The summed E-state index contributed by atoms with van der Waals surface area (Å²) in [6.45, 7) is 11.8. The highest BCUT2D eigenvalue weighted by Gasteiger charge is 2.32. The number of carboxylic acids is 1. The molecule has 0 aliphatic heterocycles. The van der Waals surface area contributed by atoms with Crippen molar-refractivity contribution in [1.82, 2.24) is 16.0 Å². The fourth-order valence-electron chi connectivity index (χ4n) is 4.33. The molecule has 232 valence electrons. The molecule has 0 unspecified atom stereocenters. The molecule has 0 aliphatic rings. The number of hydrogen-bond acceptors (Lipinski definition) is 7. The largest absolute Gasteiger partial charge is 0.481 e. The molecule has 8 N–H and O–H groups in total. The van der Waals surface area contributed by atoms with E-state index in [4.69, 9.17) is 10.8 Å². The maximum Gasteiger partial charge on any atom is 0.303 e. The summed E-state index contributed by atoms with van der Waals surface area (Å²) in [6, 6.07) is 4.35. The number of aryl methyl sites for hydroxylation is 1. The van der Waals surface area contributed by atoms with E-state index in [9.17, 15) is 24.3 Å². The number of amides is 3. The molecule has 1 aromatic rings. The van der Waals surface area contributed by atoms with Crippen LogP contribution in [-0.2, 0) is 19.2 Å². The van der Waals surface area contributed by atoms with Gasteiger partial charge in [-0.2, -0.15) is 0 Å². The standard InChI is InChI=1S/C30H51N5O6/c1-7-9-23(33-30(41)27(20(6)8-2)35-28(39)22(31)14-15-26(37)38)29(40)34-24(16-18(3)4)25(36)17-32-21-12-10-19(5)11-13-21/h10-13,18,20,22-25,27,32,36H,7-9,14-17,31H2,1-6H3,(H,33,41)(H,34,40)(H,35,39)(H,37,38)/t20-,22-,23-,24-,25+,27-/m0/s1. The first-order valence-corrected chi connectivity index (χ1v) is 14.7. The van der Waals surface area contributed by atoms with Gasteiger partial charge in [0, 0.05) is 18.7 Å². The Kier molecular flexibility index (Phi) is 16.0. The molecule has 11 nitrogen and oxygen atoms in total. The number of aliphatic hydroxyl groups is 1. The minimum absolute atomic E-state index is 0.0603. The van der Waals surface area contributed by atoms with Gasteiger partial charge in [0.15, 0.2) is 0 Å². The molecule has 0 fully saturated rings. The number of hydrogen-bond donors (Lipinski definition) is 7. The molecule has 0 radical (unpaired) electrons. The average Bonchev–Trinajstić information content (AvgIpc) is 2.92. The van der Waals surface area contributed by atoms with Crippen LogP contribution >= 0.6 is 0 Å². The quantitative estimate of drug-likeness (QED) is 0.131. The lowest BCUT2D eigenvalue weighted by Crippen LogP contribution is -2.59. The summed E-state index contributed by atoms with van der Waals surface area (Å²) in [4.78, 5) is 50.2. The van der Waals surface area contributed by atoms with Gasteiger partial charge < -0.3 is 37.2 Å². The summed E-state index contributed by atoms with van der Waals surface area (Å²) in [6.07, 6.45) is 0.889. The van der Waals surface area contributed by atoms with Crippen LogP contribution in [0.25, 0.3) is 0 Å². The molecule has 1 rings (SSSR count). The summed E-state index contributed by atoms with van der Waals surface area (Å²) < 4.78 is 0. The van der Waals surface area contributed by atoms with Crippen LogP contribution in [0.1, 0.15) is 78.7 Å². The van der Waals surface area contributed by atoms with Crippen molar-refractivity contribution in [2.75, 3.05) is 11.9 Å². The maximum atomic E-state index is 13.4. The number of carbonyl (C=O) groups excluding carboxylic acids is 3. The highest BCUT2D eigenvalue weighted by atomic mass is 16.4. The molecule has 1 aromatic carbocycles. The normalized spacial score (nSPS) is 15.6. The Morgan fingerprint density at radius 2 is 1.54 bits per heavy atom. The summed E-state index contributed by atoms with van der Waals surface area (Å²) in [5, 5.41) is 31.4. The van der Waals surface area contributed by atoms with E-state index < -0.39 is 54.0 Å². The van der Waals surface area contributed by atoms with E-state index in [2.05, 4.69) is 21.3 Å². The number of benzene rings is 1. The lowest BCUT2D eigenvalue weighted by Gasteiger charge is -2.30. The number of rotatable bonds is 19. The highest BCUT2D eigenvalue weighted by molar-refractivity contribution is 5.93. The molecule has 0 saturated heterocycles. The second-order valence-corrected chi connectivity index (χ2v) is 11.3. The van der Waals surface area contributed by atoms with Gasteiger partial charge in [0.1, 0.15) is 12.1 Å². The summed E-state index contributed by atoms with van der Waals surface area (Å²) in [7, 11) is 0. The molecule has 6 atom stereocenters. The van der Waals surface area contributed by atoms with E-state index in [1.54, 1.807) is 6.92 Å². The van der Waals surface area contributed by atoms with Crippen molar-refractivity contribution in [3.63, 3.8) is 0 Å². The predicted molar refractivity (Wildman–Crippen MR) is 160 cm³/mol. The molecular weight excluding hydrogens is 526 g/mol. The second-order valence-electron chi connectivity index (χ2n) is 11.3. The molecule has 0 saturated carbocycles. The lowest BCUT2D eigenvalue weighted by atomic mass is 9.96. The molecular formula is C30H51N5O6. The third-order valence-corrected chi connectivity index (χ3v) is 7.09. The van der Waals surface area contributed by atoms with Crippen LogP contribution in [0.5, 0.6) is 0 Å². The summed E-state index contributed by atoms with van der Waals surface area (Å²) in [5.74, 6) is -2.68. The minimum atomic E-state index is -1.08. The van der Waals surface area contributed by atoms with E-state index in [1.807, 2.05) is 58.9 Å². The van der Waals surface area contributed by atoms with Crippen molar-refractivity contribution >= 4 is 29.4 Å². The Hall–Kier alpha value is -3.18. The van der Waals surface area contributed by atoms with Crippen molar-refractivity contribution in [2.24, 2.45) is 17.6 Å². The van der Waals surface area contributed by atoms with Gasteiger partial charge in [-0.1, -0.05) is 65.2 Å². The van der Waals surface area contributed by atoms with Crippen LogP contribution in [-0.4, -0.2) is 70.7 Å². The van der Waals surface area contributed by atoms with Crippen molar-refractivity contribution in [3.8, 4) is 0 Å². The lowest BCUT2D eigenvalue weighted by molar-refractivity contribution is -0.137. The van der Waals surface area contributed by atoms with Crippen LogP contribution < -0.4 is 27.0 Å². The number of aliphatic hydroxyl groups excluding tert-OH is 1. The van der Waals surface area contributed by atoms with Gasteiger partial charge >= 0.3 is 5.97 Å². The number of anilines is 1. The zero-order chi connectivity index (χ0) is 31.1. The fraction of sp³-hybridized carbons (Fsp3) is 0.667. The molecule has 0 aromatic heterocycles. The molecule has 0 bridgehead atoms.